The molecule has 0 spiro atoms. The van der Waals surface area contributed by atoms with Crippen molar-refractivity contribution in [3.05, 3.63) is 11.6 Å². The highest BCUT2D eigenvalue weighted by molar-refractivity contribution is 5.52. The Hall–Kier alpha value is -0.590. The molecule has 0 radical (unpaired) electrons. The Labute approximate surface area is 74.9 Å². The molecule has 12 heavy (non-hydrogen) atoms. The number of hydrogen-bond donors (Lipinski definition) is 0. The van der Waals surface area contributed by atoms with Gasteiger partial charge in [0.05, 0.1) is 0 Å². The Morgan fingerprint density at radius 2 is 2.50 bits per heavy atom. The molecule has 2 unspecified atom stereocenters. The van der Waals surface area contributed by atoms with Crippen LogP contribution in [0.25, 0.3) is 0 Å². The lowest BCUT2D eigenvalue weighted by Crippen LogP contribution is -2.10. The molecule has 0 amide bonds. The van der Waals surface area contributed by atoms with Gasteiger partial charge in [-0.05, 0) is 38.5 Å². The molecule has 0 saturated carbocycles. The second kappa shape index (κ2) is 4.44. The van der Waals surface area contributed by atoms with Crippen LogP contribution in [-0.2, 0) is 4.79 Å². The van der Waals surface area contributed by atoms with E-state index in [9.17, 15) is 4.79 Å². The Bertz CT molecular complexity index is 181. The van der Waals surface area contributed by atoms with Crippen LogP contribution in [0.3, 0.4) is 0 Å². The SMILES string of the molecule is CC1=CCC(CC(C)C=O)CC1. The van der Waals surface area contributed by atoms with Crippen LogP contribution in [0.1, 0.15) is 39.5 Å². The maximum atomic E-state index is 10.4. The zero-order chi connectivity index (χ0) is 8.97. The van der Waals surface area contributed by atoms with Gasteiger partial charge in [0.25, 0.3) is 0 Å². The lowest BCUT2D eigenvalue weighted by Gasteiger charge is -2.21. The summed E-state index contributed by atoms with van der Waals surface area (Å²) in [5, 5.41) is 0. The van der Waals surface area contributed by atoms with Gasteiger partial charge in [-0.3, -0.25) is 0 Å². The maximum absolute atomic E-state index is 10.4. The van der Waals surface area contributed by atoms with Crippen LogP contribution >= 0.6 is 0 Å². The minimum Gasteiger partial charge on any atom is -0.303 e. The Kier molecular flexibility index (Phi) is 3.51. The first-order valence-corrected chi connectivity index (χ1v) is 4.83. The average Bonchev–Trinajstić information content (AvgIpc) is 2.09. The molecule has 0 aromatic rings. The van der Waals surface area contributed by atoms with Gasteiger partial charge in [-0.1, -0.05) is 18.6 Å². The van der Waals surface area contributed by atoms with Crippen LogP contribution in [0.5, 0.6) is 0 Å². The van der Waals surface area contributed by atoms with E-state index >= 15 is 0 Å². The van der Waals surface area contributed by atoms with Crippen molar-refractivity contribution in [2.45, 2.75) is 39.5 Å². The number of aldehydes is 1. The molecule has 0 aliphatic heterocycles. The summed E-state index contributed by atoms with van der Waals surface area (Å²) in [6.07, 6.45) is 8.17. The molecule has 1 heteroatoms. The Balaban J connectivity index is 2.31. The molecule has 1 aliphatic rings. The Morgan fingerprint density at radius 1 is 1.75 bits per heavy atom. The molecule has 68 valence electrons. The number of rotatable bonds is 3. The summed E-state index contributed by atoms with van der Waals surface area (Å²) < 4.78 is 0. The summed E-state index contributed by atoms with van der Waals surface area (Å²) in [6.45, 7) is 4.21. The number of hydrogen-bond acceptors (Lipinski definition) is 1. The highest BCUT2D eigenvalue weighted by atomic mass is 16.1. The van der Waals surface area contributed by atoms with Gasteiger partial charge >= 0.3 is 0 Å². The van der Waals surface area contributed by atoms with Crippen LogP contribution in [0.15, 0.2) is 11.6 Å². The van der Waals surface area contributed by atoms with Crippen LogP contribution in [0.2, 0.25) is 0 Å². The molecule has 2 atom stereocenters. The van der Waals surface area contributed by atoms with Crippen LogP contribution < -0.4 is 0 Å². The van der Waals surface area contributed by atoms with E-state index in [1.54, 1.807) is 0 Å². The van der Waals surface area contributed by atoms with Gasteiger partial charge in [-0.2, -0.15) is 0 Å². The van der Waals surface area contributed by atoms with Gasteiger partial charge in [0.2, 0.25) is 0 Å². The first-order valence-electron chi connectivity index (χ1n) is 4.83. The summed E-state index contributed by atoms with van der Waals surface area (Å²) in [5.74, 6) is 1.01. The van der Waals surface area contributed by atoms with Crippen molar-refractivity contribution < 1.29 is 4.79 Å². The minimum atomic E-state index is 0.252. The van der Waals surface area contributed by atoms with Gasteiger partial charge in [-0.25, -0.2) is 0 Å². The highest BCUT2D eigenvalue weighted by Crippen LogP contribution is 2.27. The third-order valence-corrected chi connectivity index (χ3v) is 2.68. The summed E-state index contributed by atoms with van der Waals surface area (Å²) in [4.78, 5) is 10.4. The summed E-state index contributed by atoms with van der Waals surface area (Å²) in [6, 6.07) is 0. The van der Waals surface area contributed by atoms with Crippen molar-refractivity contribution in [1.82, 2.24) is 0 Å². The zero-order valence-corrected chi connectivity index (χ0v) is 8.05. The summed E-state index contributed by atoms with van der Waals surface area (Å²) in [5.41, 5.74) is 1.52. The third kappa shape index (κ3) is 2.80. The average molecular weight is 166 g/mol. The maximum Gasteiger partial charge on any atom is 0.122 e. The number of allylic oxidation sites excluding steroid dienone is 2. The molecule has 1 rings (SSSR count). The van der Waals surface area contributed by atoms with E-state index < -0.39 is 0 Å². The number of carbonyl (C=O) groups is 1. The van der Waals surface area contributed by atoms with Crippen molar-refractivity contribution in [2.24, 2.45) is 11.8 Å². The lowest BCUT2D eigenvalue weighted by atomic mass is 9.84. The van der Waals surface area contributed by atoms with Gasteiger partial charge in [0.1, 0.15) is 6.29 Å². The van der Waals surface area contributed by atoms with E-state index in [2.05, 4.69) is 13.0 Å². The normalized spacial score (nSPS) is 26.2. The fraction of sp³-hybridized carbons (Fsp3) is 0.727. The first kappa shape index (κ1) is 9.50. The second-order valence-corrected chi connectivity index (χ2v) is 4.04. The monoisotopic (exact) mass is 166 g/mol. The summed E-state index contributed by atoms with van der Waals surface area (Å²) >= 11 is 0. The molecule has 0 fully saturated rings. The van der Waals surface area contributed by atoms with Crippen LogP contribution in [0.4, 0.5) is 0 Å². The topological polar surface area (TPSA) is 17.1 Å². The van der Waals surface area contributed by atoms with E-state index in [-0.39, 0.29) is 5.92 Å². The molecule has 0 N–H and O–H groups in total. The largest absolute Gasteiger partial charge is 0.303 e. The molecule has 1 nitrogen and oxygen atoms in total. The van der Waals surface area contributed by atoms with Gasteiger partial charge in [-0.15, -0.1) is 0 Å². The molecule has 0 saturated heterocycles. The molecule has 0 bridgehead atoms. The van der Waals surface area contributed by atoms with Crippen molar-refractivity contribution in [3.63, 3.8) is 0 Å². The molecular weight excluding hydrogens is 148 g/mol. The quantitative estimate of drug-likeness (QED) is 0.465. The smallest absolute Gasteiger partial charge is 0.122 e. The predicted octanol–water partition coefficient (Wildman–Crippen LogP) is 2.96. The van der Waals surface area contributed by atoms with Crippen molar-refractivity contribution in [3.8, 4) is 0 Å². The molecule has 0 heterocycles. The zero-order valence-electron chi connectivity index (χ0n) is 8.05. The van der Waals surface area contributed by atoms with E-state index in [1.807, 2.05) is 6.92 Å². The standard InChI is InChI=1S/C11H18O/c1-9-3-5-11(6-4-9)7-10(2)8-12/h3,8,10-11H,4-7H2,1-2H3. The molecule has 0 aromatic heterocycles. The van der Waals surface area contributed by atoms with Gasteiger partial charge < -0.3 is 4.79 Å². The Morgan fingerprint density at radius 3 is 3.00 bits per heavy atom. The first-order chi connectivity index (χ1) is 5.72. The minimum absolute atomic E-state index is 0.252. The van der Waals surface area contributed by atoms with Crippen molar-refractivity contribution in [1.29, 1.82) is 0 Å². The van der Waals surface area contributed by atoms with Crippen molar-refractivity contribution >= 4 is 6.29 Å². The highest BCUT2D eigenvalue weighted by Gasteiger charge is 2.14. The lowest BCUT2D eigenvalue weighted by molar-refractivity contribution is -0.111. The predicted molar refractivity (Wildman–Crippen MR) is 50.9 cm³/mol. The van der Waals surface area contributed by atoms with Crippen molar-refractivity contribution in [2.75, 3.05) is 0 Å². The molecular formula is C11H18O. The summed E-state index contributed by atoms with van der Waals surface area (Å²) in [7, 11) is 0. The molecule has 1 aliphatic carbocycles. The third-order valence-electron chi connectivity index (χ3n) is 2.68. The molecule has 0 aromatic carbocycles. The van der Waals surface area contributed by atoms with Gasteiger partial charge in [0, 0.05) is 5.92 Å². The van der Waals surface area contributed by atoms with Crippen LogP contribution in [-0.4, -0.2) is 6.29 Å². The number of carbonyl (C=O) groups excluding carboxylic acids is 1. The van der Waals surface area contributed by atoms with E-state index in [0.717, 1.165) is 18.6 Å². The van der Waals surface area contributed by atoms with Gasteiger partial charge in [0.15, 0.2) is 0 Å². The van der Waals surface area contributed by atoms with E-state index in [4.69, 9.17) is 0 Å². The van der Waals surface area contributed by atoms with E-state index in [0.29, 0.717) is 0 Å². The van der Waals surface area contributed by atoms with Crippen LogP contribution in [0, 0.1) is 11.8 Å². The van der Waals surface area contributed by atoms with E-state index in [1.165, 1.54) is 24.8 Å². The fourth-order valence-electron chi connectivity index (χ4n) is 1.81. The second-order valence-electron chi connectivity index (χ2n) is 4.04. The fourth-order valence-corrected chi connectivity index (χ4v) is 1.81.